The number of hydrogen-bond donors (Lipinski definition) is 1. The Morgan fingerprint density at radius 1 is 1.17 bits per heavy atom. The largest absolute Gasteiger partial charge is 0.368 e. The van der Waals surface area contributed by atoms with Gasteiger partial charge in [0, 0.05) is 29.7 Å². The molecule has 2 N–H and O–H groups in total. The average molecular weight is 404 g/mol. The number of nitrogens with zero attached hydrogens (tertiary/aromatic N) is 3. The predicted molar refractivity (Wildman–Crippen MR) is 118 cm³/mol. The first-order valence-electron chi connectivity index (χ1n) is 9.11. The molecule has 1 aliphatic heterocycles. The van der Waals surface area contributed by atoms with Crippen LogP contribution in [0.15, 0.2) is 64.6 Å². The minimum absolute atomic E-state index is 0.0881. The molecule has 0 atom stereocenters. The summed E-state index contributed by atoms with van der Waals surface area (Å²) in [5, 5.41) is 1.59. The minimum atomic E-state index is -0.413. The first kappa shape index (κ1) is 19.0. The van der Waals surface area contributed by atoms with Crippen molar-refractivity contribution in [3.05, 3.63) is 70.8 Å². The lowest BCUT2D eigenvalue weighted by Gasteiger charge is -2.07. The normalized spacial score (nSPS) is 17.0. The van der Waals surface area contributed by atoms with Crippen LogP contribution in [0.1, 0.15) is 11.1 Å². The number of aryl methyl sites for hydroxylation is 1. The van der Waals surface area contributed by atoms with Crippen LogP contribution in [0.4, 0.5) is 5.69 Å². The van der Waals surface area contributed by atoms with Crippen LogP contribution in [0.3, 0.4) is 0 Å². The highest BCUT2D eigenvalue weighted by molar-refractivity contribution is 8.18. The van der Waals surface area contributed by atoms with E-state index in [1.807, 2.05) is 67.7 Å². The number of rotatable bonds is 4. The van der Waals surface area contributed by atoms with Gasteiger partial charge in [-0.05, 0) is 43.0 Å². The highest BCUT2D eigenvalue weighted by atomic mass is 32.2. The molecule has 1 saturated heterocycles. The second-order valence-electron chi connectivity index (χ2n) is 6.90. The van der Waals surface area contributed by atoms with Gasteiger partial charge in [-0.25, -0.2) is 4.99 Å². The Hall–Kier alpha value is -3.32. The number of nitrogens with two attached hydrogens (primary N) is 1. The van der Waals surface area contributed by atoms with E-state index in [4.69, 9.17) is 5.73 Å². The van der Waals surface area contributed by atoms with Crippen LogP contribution in [0, 0.1) is 6.92 Å². The van der Waals surface area contributed by atoms with Crippen molar-refractivity contribution in [1.82, 2.24) is 9.47 Å². The van der Waals surface area contributed by atoms with E-state index in [0.29, 0.717) is 10.1 Å². The number of carbonyl (C=O) groups is 2. The van der Waals surface area contributed by atoms with E-state index < -0.39 is 5.91 Å². The number of carbonyl (C=O) groups excluding carboxylic acids is 2. The SMILES string of the molecule is Cc1ccc(N=C2S/C(=C\c3cn(CC(N)=O)c4ccccc34)C(=O)N2C)cc1. The Balaban J connectivity index is 1.71. The van der Waals surface area contributed by atoms with Crippen LogP contribution in [0.5, 0.6) is 0 Å². The second kappa shape index (κ2) is 7.60. The fourth-order valence-corrected chi connectivity index (χ4v) is 4.19. The topological polar surface area (TPSA) is 80.7 Å². The third-order valence-electron chi connectivity index (χ3n) is 4.69. The lowest BCUT2D eigenvalue weighted by Crippen LogP contribution is -2.23. The van der Waals surface area contributed by atoms with E-state index in [9.17, 15) is 9.59 Å². The van der Waals surface area contributed by atoms with Crippen molar-refractivity contribution in [2.75, 3.05) is 7.05 Å². The van der Waals surface area contributed by atoms with Crippen molar-refractivity contribution in [2.24, 2.45) is 10.7 Å². The fourth-order valence-electron chi connectivity index (χ4n) is 3.21. The Morgan fingerprint density at radius 2 is 1.90 bits per heavy atom. The van der Waals surface area contributed by atoms with E-state index in [2.05, 4.69) is 4.99 Å². The molecule has 1 aromatic heterocycles. The van der Waals surface area contributed by atoms with Crippen LogP contribution in [-0.4, -0.2) is 33.5 Å². The van der Waals surface area contributed by atoms with Crippen molar-refractivity contribution in [2.45, 2.75) is 13.5 Å². The van der Waals surface area contributed by atoms with Crippen LogP contribution >= 0.6 is 11.8 Å². The molecular formula is C22H20N4O2S. The zero-order valence-corrected chi connectivity index (χ0v) is 16.9. The van der Waals surface area contributed by atoms with Gasteiger partial charge >= 0.3 is 0 Å². The predicted octanol–water partition coefficient (Wildman–Crippen LogP) is 3.67. The first-order valence-corrected chi connectivity index (χ1v) is 9.93. The van der Waals surface area contributed by atoms with Crippen LogP contribution in [0.25, 0.3) is 17.0 Å². The number of aromatic nitrogens is 1. The van der Waals surface area contributed by atoms with Gasteiger partial charge in [0.2, 0.25) is 5.91 Å². The summed E-state index contributed by atoms with van der Waals surface area (Å²) in [6, 6.07) is 15.6. The molecule has 7 heteroatoms. The third kappa shape index (κ3) is 3.82. The number of benzene rings is 2. The molecule has 4 rings (SSSR count). The number of amidine groups is 1. The monoisotopic (exact) mass is 404 g/mol. The van der Waals surface area contributed by atoms with Gasteiger partial charge in [0.25, 0.3) is 5.91 Å². The Kier molecular flexibility index (Phi) is 4.98. The van der Waals surface area contributed by atoms with Crippen LogP contribution < -0.4 is 5.73 Å². The van der Waals surface area contributed by atoms with E-state index in [0.717, 1.165) is 27.7 Å². The number of thioether (sulfide) groups is 1. The number of para-hydroxylation sites is 1. The van der Waals surface area contributed by atoms with Crippen molar-refractivity contribution < 1.29 is 9.59 Å². The summed E-state index contributed by atoms with van der Waals surface area (Å²) in [7, 11) is 1.72. The standard InChI is InChI=1S/C22H20N4O2S/c1-14-7-9-16(10-8-14)24-22-25(2)21(28)19(29-22)11-15-12-26(13-20(23)27)18-6-4-3-5-17(15)18/h3-12H,13H2,1-2H3,(H2,23,27)/b19-11-,24-22?. The maximum atomic E-state index is 12.8. The molecule has 2 heterocycles. The molecule has 0 radical (unpaired) electrons. The van der Waals surface area contributed by atoms with Gasteiger partial charge in [0.15, 0.2) is 5.17 Å². The zero-order valence-electron chi connectivity index (χ0n) is 16.1. The minimum Gasteiger partial charge on any atom is -0.368 e. The first-order chi connectivity index (χ1) is 13.9. The highest BCUT2D eigenvalue weighted by Crippen LogP contribution is 2.34. The number of aliphatic imine (C=N–C) groups is 1. The van der Waals surface area contributed by atoms with Gasteiger partial charge in [-0.15, -0.1) is 0 Å². The third-order valence-corrected chi connectivity index (χ3v) is 5.75. The van der Waals surface area contributed by atoms with Gasteiger partial charge in [-0.3, -0.25) is 14.5 Å². The lowest BCUT2D eigenvalue weighted by molar-refractivity contribution is -0.121. The second-order valence-corrected chi connectivity index (χ2v) is 7.91. The molecular weight excluding hydrogens is 384 g/mol. The van der Waals surface area contributed by atoms with Gasteiger partial charge < -0.3 is 10.3 Å². The summed E-state index contributed by atoms with van der Waals surface area (Å²) in [6.45, 7) is 2.11. The molecule has 6 nitrogen and oxygen atoms in total. The number of amides is 2. The van der Waals surface area contributed by atoms with E-state index in [-0.39, 0.29) is 12.5 Å². The Labute approximate surface area is 172 Å². The number of likely N-dealkylation sites (N-methyl/N-ethyl adjacent to an activating group) is 1. The Bertz CT molecular complexity index is 1180. The van der Waals surface area contributed by atoms with Crippen molar-refractivity contribution in [3.63, 3.8) is 0 Å². The number of fused-ring (bicyclic) bond motifs is 1. The summed E-state index contributed by atoms with van der Waals surface area (Å²) in [5.74, 6) is -0.517. The zero-order chi connectivity index (χ0) is 20.5. The summed E-state index contributed by atoms with van der Waals surface area (Å²) < 4.78 is 1.80. The van der Waals surface area contributed by atoms with Gasteiger partial charge in [0.1, 0.15) is 6.54 Å². The van der Waals surface area contributed by atoms with E-state index in [1.54, 1.807) is 16.5 Å². The number of hydrogen-bond acceptors (Lipinski definition) is 4. The summed E-state index contributed by atoms with van der Waals surface area (Å²) >= 11 is 1.34. The van der Waals surface area contributed by atoms with E-state index in [1.165, 1.54) is 11.8 Å². The molecule has 146 valence electrons. The average Bonchev–Trinajstić information content (AvgIpc) is 3.16. The lowest BCUT2D eigenvalue weighted by atomic mass is 10.1. The molecule has 2 amide bonds. The summed E-state index contributed by atoms with van der Waals surface area (Å²) in [6.07, 6.45) is 3.70. The molecule has 1 aliphatic rings. The van der Waals surface area contributed by atoms with Gasteiger partial charge in [-0.1, -0.05) is 35.9 Å². The molecule has 0 spiro atoms. The van der Waals surface area contributed by atoms with E-state index >= 15 is 0 Å². The van der Waals surface area contributed by atoms with Crippen LogP contribution in [-0.2, 0) is 16.1 Å². The van der Waals surface area contributed by atoms with Crippen LogP contribution in [0.2, 0.25) is 0 Å². The van der Waals surface area contributed by atoms with Gasteiger partial charge in [0.05, 0.1) is 10.6 Å². The Morgan fingerprint density at radius 3 is 2.62 bits per heavy atom. The number of primary amides is 1. The quantitative estimate of drug-likeness (QED) is 0.674. The molecule has 0 aliphatic carbocycles. The molecule has 1 fully saturated rings. The summed E-state index contributed by atoms with van der Waals surface area (Å²) in [4.78, 5) is 30.9. The maximum absolute atomic E-state index is 12.8. The molecule has 29 heavy (non-hydrogen) atoms. The summed E-state index contributed by atoms with van der Waals surface area (Å²) in [5.41, 5.74) is 9.10. The van der Waals surface area contributed by atoms with Crippen molar-refractivity contribution in [3.8, 4) is 0 Å². The molecule has 0 bridgehead atoms. The molecule has 0 saturated carbocycles. The van der Waals surface area contributed by atoms with Crippen molar-refractivity contribution in [1.29, 1.82) is 0 Å². The molecule has 2 aromatic carbocycles. The van der Waals surface area contributed by atoms with Gasteiger partial charge in [-0.2, -0.15) is 0 Å². The maximum Gasteiger partial charge on any atom is 0.266 e. The molecule has 0 unspecified atom stereocenters. The van der Waals surface area contributed by atoms with Crippen molar-refractivity contribution >= 4 is 51.4 Å². The molecule has 3 aromatic rings. The smallest absolute Gasteiger partial charge is 0.266 e. The highest BCUT2D eigenvalue weighted by Gasteiger charge is 2.30. The fraction of sp³-hybridized carbons (Fsp3) is 0.136.